The lowest BCUT2D eigenvalue weighted by Gasteiger charge is -2.02. The maximum Gasteiger partial charge on any atom is 0.157 e. The Kier molecular flexibility index (Phi) is 4.27. The molecule has 8 heavy (non-hydrogen) atoms. The molecule has 0 bridgehead atoms. The summed E-state index contributed by atoms with van der Waals surface area (Å²) >= 11 is 0. The van der Waals surface area contributed by atoms with Crippen molar-refractivity contribution in [2.45, 2.75) is 12.8 Å². The second-order valence-corrected chi connectivity index (χ2v) is 1.35. The van der Waals surface area contributed by atoms with Gasteiger partial charge in [-0.1, -0.05) is 0 Å². The third-order valence-corrected chi connectivity index (χ3v) is 0.623. The summed E-state index contributed by atoms with van der Waals surface area (Å²) in [7, 11) is 0. The molecule has 4 N–H and O–H groups in total. The highest BCUT2D eigenvalue weighted by Gasteiger charge is 1.88. The number of hydrogen-bond donors (Lipinski definition) is 3. The number of rotatable bonds is 3. The molecule has 0 aliphatic rings. The van der Waals surface area contributed by atoms with Crippen molar-refractivity contribution in [2.24, 2.45) is 5.73 Å². The zero-order chi connectivity index (χ0) is 6.41. The number of hydrogen-bond acceptors (Lipinski definition) is 3. The maximum absolute atomic E-state index is 8.38. The van der Waals surface area contributed by atoms with E-state index in [0.29, 0.717) is 13.0 Å². The Labute approximate surface area is 48.9 Å². The summed E-state index contributed by atoms with van der Waals surface area (Å²) in [5, 5.41) is 10.9. The largest absolute Gasteiger partial charge is 0.366 e. The van der Waals surface area contributed by atoms with Gasteiger partial charge in [-0.2, -0.15) is 0 Å². The Morgan fingerprint density at radius 3 is 2.88 bits per heavy atom. The Bertz CT molecular complexity index is 84.9. The first-order valence-corrected chi connectivity index (χ1v) is 2.38. The lowest BCUT2D eigenvalue weighted by Crippen LogP contribution is -2.37. The monoisotopic (exact) mass is 114 g/mol. The highest BCUT2D eigenvalue weighted by Crippen LogP contribution is 1.68. The second-order valence-electron chi connectivity index (χ2n) is 1.35. The molecule has 0 saturated heterocycles. The molecule has 0 aliphatic heterocycles. The van der Waals surface area contributed by atoms with Gasteiger partial charge < -0.3 is 5.11 Å². The Balaban J connectivity index is 2.85. The molecule has 0 spiro atoms. The van der Waals surface area contributed by atoms with Gasteiger partial charge in [0.05, 0.1) is 0 Å². The van der Waals surface area contributed by atoms with Crippen molar-refractivity contribution in [3.8, 4) is 12.3 Å². The summed E-state index contributed by atoms with van der Waals surface area (Å²) < 4.78 is 0. The maximum atomic E-state index is 8.38. The van der Waals surface area contributed by atoms with Crippen molar-refractivity contribution in [3.05, 3.63) is 0 Å². The molecule has 0 rings (SSSR count). The van der Waals surface area contributed by atoms with Crippen LogP contribution in [0.15, 0.2) is 0 Å². The average Bonchev–Trinajstić information content (AvgIpc) is 1.66. The van der Waals surface area contributed by atoms with Gasteiger partial charge in [-0.3, -0.25) is 11.1 Å². The fraction of sp³-hybridized carbons (Fsp3) is 0.600. The van der Waals surface area contributed by atoms with Gasteiger partial charge in [0.1, 0.15) is 0 Å². The first-order valence-electron chi connectivity index (χ1n) is 2.38. The van der Waals surface area contributed by atoms with Crippen molar-refractivity contribution in [2.75, 3.05) is 6.54 Å². The molecule has 0 aromatic rings. The van der Waals surface area contributed by atoms with Gasteiger partial charge in [-0.25, -0.2) is 0 Å². The zero-order valence-corrected chi connectivity index (χ0v) is 4.59. The van der Waals surface area contributed by atoms with Gasteiger partial charge >= 0.3 is 0 Å². The van der Waals surface area contributed by atoms with Gasteiger partial charge in [0.2, 0.25) is 0 Å². The predicted molar refractivity (Wildman–Crippen MR) is 31.6 cm³/mol. The zero-order valence-electron chi connectivity index (χ0n) is 4.59. The van der Waals surface area contributed by atoms with Crippen LogP contribution in [0.4, 0.5) is 0 Å². The molecule has 3 heteroatoms. The summed E-state index contributed by atoms with van der Waals surface area (Å²) in [5.74, 6) is 2.39. The van der Waals surface area contributed by atoms with E-state index in [0.717, 1.165) is 0 Å². The van der Waals surface area contributed by atoms with Crippen molar-refractivity contribution in [1.29, 1.82) is 0 Å². The summed E-state index contributed by atoms with van der Waals surface area (Å²) in [4.78, 5) is 0. The topological polar surface area (TPSA) is 58.3 Å². The molecule has 0 amide bonds. The van der Waals surface area contributed by atoms with Gasteiger partial charge in [0.15, 0.2) is 6.35 Å². The van der Waals surface area contributed by atoms with Crippen molar-refractivity contribution < 1.29 is 5.11 Å². The molecular weight excluding hydrogens is 104 g/mol. The molecule has 0 aromatic heterocycles. The first-order chi connectivity index (χ1) is 3.77. The van der Waals surface area contributed by atoms with E-state index in [9.17, 15) is 0 Å². The van der Waals surface area contributed by atoms with Crippen LogP contribution < -0.4 is 11.1 Å². The SMILES string of the molecule is C#CCCNC(N)O. The molecule has 0 radical (unpaired) electrons. The molecule has 1 atom stereocenters. The van der Waals surface area contributed by atoms with Crippen molar-refractivity contribution in [3.63, 3.8) is 0 Å². The second kappa shape index (κ2) is 4.60. The van der Waals surface area contributed by atoms with Crippen molar-refractivity contribution >= 4 is 0 Å². The van der Waals surface area contributed by atoms with Crippen LogP contribution in [0.3, 0.4) is 0 Å². The number of aliphatic hydroxyl groups is 1. The number of nitrogens with two attached hydrogens (primary N) is 1. The summed E-state index contributed by atoms with van der Waals surface area (Å²) in [5.41, 5.74) is 4.91. The molecule has 3 nitrogen and oxygen atoms in total. The van der Waals surface area contributed by atoms with E-state index in [2.05, 4.69) is 11.2 Å². The Hall–Kier alpha value is -0.560. The lowest BCUT2D eigenvalue weighted by molar-refractivity contribution is 0.146. The van der Waals surface area contributed by atoms with Crippen LogP contribution in [-0.4, -0.2) is 18.0 Å². The van der Waals surface area contributed by atoms with Crippen LogP contribution in [0, 0.1) is 12.3 Å². The fourth-order valence-electron chi connectivity index (χ4n) is 0.292. The van der Waals surface area contributed by atoms with Crippen LogP contribution >= 0.6 is 0 Å². The Morgan fingerprint density at radius 1 is 1.88 bits per heavy atom. The van der Waals surface area contributed by atoms with Gasteiger partial charge in [-0.05, 0) is 0 Å². The van der Waals surface area contributed by atoms with Crippen molar-refractivity contribution in [1.82, 2.24) is 5.32 Å². The standard InChI is InChI=1S/C5H10N2O/c1-2-3-4-7-5(6)8/h1,5,7-8H,3-4,6H2. The Morgan fingerprint density at radius 2 is 2.50 bits per heavy atom. The van der Waals surface area contributed by atoms with Crippen LogP contribution in [-0.2, 0) is 0 Å². The van der Waals surface area contributed by atoms with E-state index in [1.807, 2.05) is 0 Å². The molecule has 0 aliphatic carbocycles. The molecule has 0 heterocycles. The number of nitrogens with one attached hydrogen (secondary N) is 1. The van der Waals surface area contributed by atoms with E-state index < -0.39 is 6.35 Å². The van der Waals surface area contributed by atoms with E-state index in [-0.39, 0.29) is 0 Å². The van der Waals surface area contributed by atoms with E-state index in [1.54, 1.807) is 0 Å². The quantitative estimate of drug-likeness (QED) is 0.246. The summed E-state index contributed by atoms with van der Waals surface area (Å²) in [6.45, 7) is 0.564. The third-order valence-electron chi connectivity index (χ3n) is 0.623. The van der Waals surface area contributed by atoms with Gasteiger partial charge in [0.25, 0.3) is 0 Å². The summed E-state index contributed by atoms with van der Waals surface area (Å²) in [6.07, 6.45) is 4.55. The minimum atomic E-state index is -0.941. The number of terminal acetylenes is 1. The fourth-order valence-corrected chi connectivity index (χ4v) is 0.292. The molecule has 0 aromatic carbocycles. The van der Waals surface area contributed by atoms with Gasteiger partial charge in [-0.15, -0.1) is 12.3 Å². The number of aliphatic hydroxyl groups excluding tert-OH is 1. The smallest absolute Gasteiger partial charge is 0.157 e. The molecule has 0 saturated carbocycles. The van der Waals surface area contributed by atoms with E-state index >= 15 is 0 Å². The lowest BCUT2D eigenvalue weighted by atomic mass is 10.4. The van der Waals surface area contributed by atoms with E-state index in [1.165, 1.54) is 0 Å². The minimum Gasteiger partial charge on any atom is -0.366 e. The van der Waals surface area contributed by atoms with Crippen LogP contribution in [0.1, 0.15) is 6.42 Å². The average molecular weight is 114 g/mol. The predicted octanol–water partition coefficient (Wildman–Crippen LogP) is -1.17. The minimum absolute atomic E-state index is 0.564. The normalized spacial score (nSPS) is 12.6. The highest BCUT2D eigenvalue weighted by molar-refractivity contribution is 4.83. The highest BCUT2D eigenvalue weighted by atomic mass is 16.3. The van der Waals surface area contributed by atoms with Crippen LogP contribution in [0.5, 0.6) is 0 Å². The van der Waals surface area contributed by atoms with Crippen LogP contribution in [0.25, 0.3) is 0 Å². The summed E-state index contributed by atoms with van der Waals surface area (Å²) in [6, 6.07) is 0. The molecule has 1 unspecified atom stereocenters. The van der Waals surface area contributed by atoms with Gasteiger partial charge in [0, 0.05) is 13.0 Å². The molecule has 46 valence electrons. The molecular formula is C5H10N2O. The van der Waals surface area contributed by atoms with E-state index in [4.69, 9.17) is 17.3 Å². The first kappa shape index (κ1) is 7.44. The molecule has 0 fully saturated rings. The van der Waals surface area contributed by atoms with Crippen LogP contribution in [0.2, 0.25) is 0 Å². The third kappa shape index (κ3) is 5.44.